The molecule has 1 saturated heterocycles. The number of allylic oxidation sites excluding steroid dienone is 4. The lowest BCUT2D eigenvalue weighted by Crippen LogP contribution is -2.23. The van der Waals surface area contributed by atoms with Gasteiger partial charge in [-0.25, -0.2) is 9.37 Å². The van der Waals surface area contributed by atoms with E-state index in [1.54, 1.807) is 25.3 Å². The number of nitrogens with one attached hydrogen (secondary N) is 1. The molecule has 2 aromatic rings. The predicted octanol–water partition coefficient (Wildman–Crippen LogP) is 7.38. The Hall–Kier alpha value is -3.26. The number of fused-ring (bicyclic) bond motifs is 2. The van der Waals surface area contributed by atoms with E-state index in [1.165, 1.54) is 12.1 Å². The van der Waals surface area contributed by atoms with Gasteiger partial charge >= 0.3 is 0 Å². The van der Waals surface area contributed by atoms with Gasteiger partial charge in [-0.05, 0) is 76.1 Å². The Kier molecular flexibility index (Phi) is 7.79. The first-order valence-electron chi connectivity index (χ1n) is 12.5. The van der Waals surface area contributed by atoms with Gasteiger partial charge < -0.3 is 14.6 Å². The molecule has 0 bridgehead atoms. The number of aromatic nitrogens is 3. The van der Waals surface area contributed by atoms with Crippen molar-refractivity contribution in [2.75, 3.05) is 18.5 Å². The van der Waals surface area contributed by atoms with Crippen LogP contribution in [0.4, 0.5) is 15.8 Å². The van der Waals surface area contributed by atoms with Crippen LogP contribution in [0.3, 0.4) is 0 Å². The zero-order valence-corrected chi connectivity index (χ0v) is 22.9. The number of ether oxygens (including phenoxy) is 1. The zero-order valence-electron chi connectivity index (χ0n) is 21.4. The summed E-state index contributed by atoms with van der Waals surface area (Å²) in [5.74, 6) is -0.359. The molecule has 9 heteroatoms. The van der Waals surface area contributed by atoms with E-state index in [1.807, 2.05) is 42.7 Å². The maximum absolute atomic E-state index is 14.3. The molecule has 196 valence electrons. The van der Waals surface area contributed by atoms with E-state index >= 15 is 0 Å². The predicted molar refractivity (Wildman–Crippen MR) is 152 cm³/mol. The fourth-order valence-electron chi connectivity index (χ4n) is 4.51. The monoisotopic (exact) mass is 551 g/mol. The number of benzene rings is 2. The van der Waals surface area contributed by atoms with Crippen LogP contribution in [-0.2, 0) is 4.74 Å². The van der Waals surface area contributed by atoms with Crippen molar-refractivity contribution in [3.63, 3.8) is 0 Å². The van der Waals surface area contributed by atoms with Crippen molar-refractivity contribution in [1.82, 2.24) is 14.5 Å². The number of anilines is 2. The van der Waals surface area contributed by atoms with Gasteiger partial charge in [0.15, 0.2) is 0 Å². The number of nitrogens with zero attached hydrogens (tertiary/aromatic N) is 4. The molecule has 38 heavy (non-hydrogen) atoms. The molecule has 1 aliphatic carbocycles. The normalized spacial score (nSPS) is 16.3. The molecule has 0 unspecified atom stereocenters. The summed E-state index contributed by atoms with van der Waals surface area (Å²) < 4.78 is 21.8. The molecule has 0 spiro atoms. The molecule has 0 radical (unpaired) electrons. The van der Waals surface area contributed by atoms with Gasteiger partial charge in [0.05, 0.1) is 56.4 Å². The van der Waals surface area contributed by atoms with E-state index in [0.29, 0.717) is 34.5 Å². The fourth-order valence-corrected chi connectivity index (χ4v) is 4.72. The average Bonchev–Trinajstić information content (AvgIpc) is 2.89. The van der Waals surface area contributed by atoms with Crippen LogP contribution in [0, 0.1) is 12.7 Å². The van der Waals surface area contributed by atoms with Crippen molar-refractivity contribution < 1.29 is 9.13 Å². The smallest absolute Gasteiger partial charge is 0.125 e. The standard InChI is InChI=1S/C29H28Cl2FN5O/c1-17-4-6-22(16-33-17)35-24-14-27-29(15-25(24)34-21-8-10-38-11-9-21)37(18(2)12-23(31)19(3)30)28-7-5-20(32)13-26(28)36-27/h4-7,12-16,21,35H,8-11H2,1-3H3. The summed E-state index contributed by atoms with van der Waals surface area (Å²) in [4.78, 5) is 14.4. The van der Waals surface area contributed by atoms with Gasteiger partial charge in [-0.3, -0.25) is 9.98 Å². The minimum Gasteiger partial charge on any atom is -0.381 e. The molecule has 5 rings (SSSR count). The van der Waals surface area contributed by atoms with Gasteiger partial charge in [0.25, 0.3) is 0 Å². The second-order valence-corrected chi connectivity index (χ2v) is 10.4. The molecule has 0 amide bonds. The van der Waals surface area contributed by atoms with E-state index < -0.39 is 0 Å². The van der Waals surface area contributed by atoms with Crippen LogP contribution in [0.15, 0.2) is 69.8 Å². The summed E-state index contributed by atoms with van der Waals surface area (Å²) in [6.07, 6.45) is 5.29. The summed E-state index contributed by atoms with van der Waals surface area (Å²) in [6, 6.07) is 12.6. The van der Waals surface area contributed by atoms with Gasteiger partial charge in [-0.1, -0.05) is 23.2 Å². The molecule has 0 saturated carbocycles. The Balaban J connectivity index is 1.79. The molecule has 3 aliphatic rings. The van der Waals surface area contributed by atoms with Crippen molar-refractivity contribution in [1.29, 1.82) is 0 Å². The quantitative estimate of drug-likeness (QED) is 0.207. The second-order valence-electron chi connectivity index (χ2n) is 9.39. The summed E-state index contributed by atoms with van der Waals surface area (Å²) in [5, 5.41) is 5.17. The maximum atomic E-state index is 14.3. The summed E-state index contributed by atoms with van der Waals surface area (Å²) in [6.45, 7) is 6.99. The maximum Gasteiger partial charge on any atom is 0.125 e. The van der Waals surface area contributed by atoms with E-state index in [-0.39, 0.29) is 11.9 Å². The molecule has 2 aliphatic heterocycles. The Morgan fingerprint density at radius 2 is 1.92 bits per heavy atom. The summed E-state index contributed by atoms with van der Waals surface area (Å²) in [5.41, 5.74) is 6.11. The lowest BCUT2D eigenvalue weighted by Gasteiger charge is -2.22. The van der Waals surface area contributed by atoms with Gasteiger partial charge in [0.2, 0.25) is 0 Å². The highest BCUT2D eigenvalue weighted by atomic mass is 35.5. The van der Waals surface area contributed by atoms with Crippen LogP contribution in [0.5, 0.6) is 0 Å². The Bertz CT molecular complexity index is 1580. The zero-order chi connectivity index (χ0) is 26.8. The van der Waals surface area contributed by atoms with Crippen LogP contribution in [0.2, 0.25) is 0 Å². The first-order chi connectivity index (χ1) is 18.3. The molecule has 1 fully saturated rings. The van der Waals surface area contributed by atoms with Crippen molar-refractivity contribution in [2.24, 2.45) is 4.99 Å². The van der Waals surface area contributed by atoms with E-state index in [0.717, 1.165) is 52.2 Å². The van der Waals surface area contributed by atoms with Crippen LogP contribution < -0.4 is 10.7 Å². The molecule has 3 heterocycles. The van der Waals surface area contributed by atoms with Crippen LogP contribution in [0.1, 0.15) is 32.4 Å². The average molecular weight is 552 g/mol. The molecule has 1 aromatic carbocycles. The topological polar surface area (TPSA) is 64.3 Å². The third kappa shape index (κ3) is 5.75. The minimum absolute atomic E-state index is 0.141. The third-order valence-corrected chi connectivity index (χ3v) is 7.17. The Labute approximate surface area is 230 Å². The van der Waals surface area contributed by atoms with Crippen molar-refractivity contribution in [3.8, 4) is 11.4 Å². The summed E-state index contributed by atoms with van der Waals surface area (Å²) in [7, 11) is 0. The first-order valence-corrected chi connectivity index (χ1v) is 13.2. The summed E-state index contributed by atoms with van der Waals surface area (Å²) >= 11 is 12.6. The number of rotatable bonds is 5. The Morgan fingerprint density at radius 3 is 2.63 bits per heavy atom. The van der Waals surface area contributed by atoms with Gasteiger partial charge in [0, 0.05) is 35.7 Å². The number of hydrogen-bond acceptors (Lipinski definition) is 5. The van der Waals surface area contributed by atoms with Crippen molar-refractivity contribution in [2.45, 2.75) is 39.7 Å². The number of halogens is 3. The number of pyridine rings is 1. The van der Waals surface area contributed by atoms with Gasteiger partial charge in [0.1, 0.15) is 5.82 Å². The lowest BCUT2D eigenvalue weighted by molar-refractivity contribution is 0.0864. The van der Waals surface area contributed by atoms with E-state index in [4.69, 9.17) is 37.9 Å². The Morgan fingerprint density at radius 1 is 1.13 bits per heavy atom. The highest BCUT2D eigenvalue weighted by Crippen LogP contribution is 2.31. The third-order valence-electron chi connectivity index (χ3n) is 6.47. The molecule has 1 N–H and O–H groups in total. The van der Waals surface area contributed by atoms with Crippen molar-refractivity contribution in [3.05, 3.63) is 81.7 Å². The largest absolute Gasteiger partial charge is 0.381 e. The molecular formula is C29H28Cl2FN5O. The van der Waals surface area contributed by atoms with Crippen LogP contribution in [0.25, 0.3) is 28.1 Å². The lowest BCUT2D eigenvalue weighted by atomic mass is 10.1. The molecular weight excluding hydrogens is 524 g/mol. The first kappa shape index (κ1) is 26.4. The van der Waals surface area contributed by atoms with E-state index in [2.05, 4.69) is 10.3 Å². The SMILES string of the molecule is CC(=CC(Cl)=C(C)Cl)n1c2cc(=NC3CCOCC3)c(Nc3ccc(C)nc3)cc-2nc2cc(F)ccc21. The van der Waals surface area contributed by atoms with Crippen LogP contribution in [-0.4, -0.2) is 33.8 Å². The van der Waals surface area contributed by atoms with Crippen molar-refractivity contribution >= 4 is 51.3 Å². The molecule has 0 atom stereocenters. The minimum atomic E-state index is -0.359. The fraction of sp³-hybridized carbons (Fsp3) is 0.276. The van der Waals surface area contributed by atoms with Gasteiger partial charge in [-0.2, -0.15) is 0 Å². The number of aryl methyl sites for hydroxylation is 1. The highest BCUT2D eigenvalue weighted by Gasteiger charge is 2.19. The highest BCUT2D eigenvalue weighted by molar-refractivity contribution is 6.40. The second kappa shape index (κ2) is 11.2. The molecule has 6 nitrogen and oxygen atoms in total. The van der Waals surface area contributed by atoms with Crippen LogP contribution >= 0.6 is 23.2 Å². The van der Waals surface area contributed by atoms with E-state index in [9.17, 15) is 4.39 Å². The number of hydrogen-bond donors (Lipinski definition) is 1. The van der Waals surface area contributed by atoms with Gasteiger partial charge in [-0.15, -0.1) is 0 Å². The molecule has 1 aromatic heterocycles.